The van der Waals surface area contributed by atoms with Gasteiger partial charge in [-0.1, -0.05) is 24.3 Å². The first-order valence-electron chi connectivity index (χ1n) is 10.9. The van der Waals surface area contributed by atoms with E-state index in [1.54, 1.807) is 38.3 Å². The minimum absolute atomic E-state index is 0.0641. The van der Waals surface area contributed by atoms with Gasteiger partial charge in [-0.25, -0.2) is 10.2 Å². The number of rotatable bonds is 8. The number of esters is 1. The number of amides is 2. The Labute approximate surface area is 201 Å². The summed E-state index contributed by atoms with van der Waals surface area (Å²) in [6, 6.07) is 14.2. The Morgan fingerprint density at radius 3 is 2.74 bits per heavy atom. The second-order valence-electron chi connectivity index (χ2n) is 7.64. The van der Waals surface area contributed by atoms with Crippen molar-refractivity contribution in [3.8, 4) is 5.75 Å². The van der Waals surface area contributed by atoms with Crippen LogP contribution in [-0.2, 0) is 14.3 Å². The first-order chi connectivity index (χ1) is 16.5. The summed E-state index contributed by atoms with van der Waals surface area (Å²) in [7, 11) is 1.60. The number of thioether (sulfide) groups is 1. The third-order valence-corrected chi connectivity index (χ3v) is 6.51. The van der Waals surface area contributed by atoms with Gasteiger partial charge >= 0.3 is 5.97 Å². The van der Waals surface area contributed by atoms with E-state index in [0.717, 1.165) is 5.69 Å². The van der Waals surface area contributed by atoms with Gasteiger partial charge in [-0.05, 0) is 31.2 Å². The van der Waals surface area contributed by atoms with Crippen LogP contribution in [0.3, 0.4) is 0 Å². The third kappa shape index (κ3) is 5.11. The van der Waals surface area contributed by atoms with Crippen molar-refractivity contribution in [3.05, 3.63) is 54.1 Å². The molecule has 0 aliphatic carbocycles. The number of carbonyl (C=O) groups is 3. The zero-order chi connectivity index (χ0) is 24.1. The summed E-state index contributed by atoms with van der Waals surface area (Å²) >= 11 is 1.25. The van der Waals surface area contributed by atoms with Gasteiger partial charge in [0.05, 0.1) is 42.3 Å². The number of nitrogens with one attached hydrogen (secondary N) is 4. The highest BCUT2D eigenvalue weighted by Crippen LogP contribution is 2.33. The Morgan fingerprint density at radius 2 is 1.94 bits per heavy atom. The molecule has 0 radical (unpaired) electrons. The lowest BCUT2D eigenvalue weighted by atomic mass is 10.0. The first kappa shape index (κ1) is 23.9. The van der Waals surface area contributed by atoms with E-state index in [9.17, 15) is 14.4 Å². The number of hydrogen-bond donors (Lipinski definition) is 4. The fraction of sp³-hybridized carbons (Fsp3) is 0.348. The van der Waals surface area contributed by atoms with Gasteiger partial charge in [-0.15, -0.1) is 11.8 Å². The van der Waals surface area contributed by atoms with Crippen molar-refractivity contribution in [2.45, 2.75) is 18.6 Å². The molecule has 4 N–H and O–H groups in total. The van der Waals surface area contributed by atoms with Crippen molar-refractivity contribution in [2.75, 3.05) is 36.3 Å². The van der Waals surface area contributed by atoms with Gasteiger partial charge in [0.2, 0.25) is 11.8 Å². The molecule has 4 rings (SSSR count). The number of nitrogens with zero attached hydrogens (tertiary/aromatic N) is 1. The van der Waals surface area contributed by atoms with Crippen molar-refractivity contribution in [2.24, 2.45) is 5.92 Å². The number of methoxy groups -OCH3 is 1. The summed E-state index contributed by atoms with van der Waals surface area (Å²) in [5, 5.41) is 11.0. The summed E-state index contributed by atoms with van der Waals surface area (Å²) < 4.78 is 10.5. The predicted octanol–water partition coefficient (Wildman–Crippen LogP) is 1.51. The fourth-order valence-corrected chi connectivity index (χ4v) is 4.75. The van der Waals surface area contributed by atoms with E-state index in [1.165, 1.54) is 11.8 Å². The van der Waals surface area contributed by atoms with Crippen molar-refractivity contribution < 1.29 is 23.9 Å². The number of hydrogen-bond acceptors (Lipinski definition) is 9. The van der Waals surface area contributed by atoms with Crippen LogP contribution in [0.1, 0.15) is 17.3 Å². The Bertz CT molecular complexity index is 1070. The Kier molecular flexibility index (Phi) is 7.56. The lowest BCUT2D eigenvalue weighted by molar-refractivity contribution is -0.127. The highest BCUT2D eigenvalue weighted by Gasteiger charge is 2.44. The van der Waals surface area contributed by atoms with Crippen molar-refractivity contribution in [3.63, 3.8) is 0 Å². The summed E-state index contributed by atoms with van der Waals surface area (Å²) in [6.45, 7) is 2.44. The number of benzene rings is 2. The number of para-hydroxylation sites is 3. The molecule has 3 atom stereocenters. The molecular weight excluding hydrogens is 458 g/mol. The van der Waals surface area contributed by atoms with Crippen LogP contribution in [0.4, 0.5) is 11.4 Å². The largest absolute Gasteiger partial charge is 0.495 e. The summed E-state index contributed by atoms with van der Waals surface area (Å²) in [5.41, 5.74) is 4.28. The average molecular weight is 486 g/mol. The highest BCUT2D eigenvalue weighted by molar-refractivity contribution is 8.00. The normalized spacial score (nSPS) is 21.4. The topological polar surface area (TPSA) is 121 Å². The van der Waals surface area contributed by atoms with Crippen LogP contribution < -0.4 is 31.1 Å². The average Bonchev–Trinajstić information content (AvgIpc) is 3.27. The monoisotopic (exact) mass is 485 g/mol. The van der Waals surface area contributed by atoms with Crippen LogP contribution in [0.15, 0.2) is 48.5 Å². The molecule has 0 spiro atoms. The summed E-state index contributed by atoms with van der Waals surface area (Å²) in [5.74, 6) is -0.442. The molecule has 2 amide bonds. The molecule has 0 saturated carbocycles. The zero-order valence-electron chi connectivity index (χ0n) is 18.9. The number of carbonyl (C=O) groups excluding carboxylic acids is 3. The van der Waals surface area contributed by atoms with E-state index < -0.39 is 11.5 Å². The summed E-state index contributed by atoms with van der Waals surface area (Å²) in [6.07, 6.45) is -0.310. The molecule has 180 valence electrons. The maximum absolute atomic E-state index is 12.7. The predicted molar refractivity (Wildman–Crippen MR) is 129 cm³/mol. The molecule has 0 aromatic heterocycles. The van der Waals surface area contributed by atoms with E-state index in [1.807, 2.05) is 29.3 Å². The maximum atomic E-state index is 12.7. The third-order valence-electron chi connectivity index (χ3n) is 5.50. The minimum atomic E-state index is -0.497. The van der Waals surface area contributed by atoms with Crippen LogP contribution in [0, 0.1) is 5.92 Å². The van der Waals surface area contributed by atoms with E-state index >= 15 is 0 Å². The molecule has 2 aliphatic heterocycles. The molecule has 2 aliphatic rings. The minimum Gasteiger partial charge on any atom is -0.495 e. The molecule has 10 nitrogen and oxygen atoms in total. The Balaban J connectivity index is 1.39. The number of fused-ring (bicyclic) bond motifs is 1. The van der Waals surface area contributed by atoms with Gasteiger partial charge in [0.15, 0.2) is 0 Å². The zero-order valence-corrected chi connectivity index (χ0v) is 19.7. The maximum Gasteiger partial charge on any atom is 0.340 e. The van der Waals surface area contributed by atoms with Crippen molar-refractivity contribution >= 4 is 40.9 Å². The quantitative estimate of drug-likeness (QED) is 0.412. The molecule has 2 heterocycles. The van der Waals surface area contributed by atoms with Gasteiger partial charge < -0.3 is 20.1 Å². The molecule has 2 saturated heterocycles. The van der Waals surface area contributed by atoms with Gasteiger partial charge in [0.25, 0.3) is 0 Å². The molecular formula is C23H27N5O5S. The Hall–Kier alpha value is -3.28. The smallest absolute Gasteiger partial charge is 0.340 e. The fourth-order valence-electron chi connectivity index (χ4n) is 3.92. The van der Waals surface area contributed by atoms with Crippen LogP contribution >= 0.6 is 11.8 Å². The first-order valence-corrected chi connectivity index (χ1v) is 12.0. The molecule has 11 heteroatoms. The second-order valence-corrected chi connectivity index (χ2v) is 8.73. The Morgan fingerprint density at radius 1 is 1.18 bits per heavy atom. The second kappa shape index (κ2) is 10.8. The van der Waals surface area contributed by atoms with Gasteiger partial charge in [-0.2, -0.15) is 0 Å². The lowest BCUT2D eigenvalue weighted by Gasteiger charge is -2.37. The summed E-state index contributed by atoms with van der Waals surface area (Å²) in [4.78, 5) is 37.5. The van der Waals surface area contributed by atoms with E-state index in [4.69, 9.17) is 9.47 Å². The van der Waals surface area contributed by atoms with E-state index in [-0.39, 0.29) is 36.3 Å². The van der Waals surface area contributed by atoms with E-state index in [0.29, 0.717) is 23.5 Å². The number of ether oxygens (including phenoxy) is 2. The molecule has 2 fully saturated rings. The van der Waals surface area contributed by atoms with Crippen molar-refractivity contribution in [1.82, 2.24) is 16.1 Å². The van der Waals surface area contributed by atoms with Crippen LogP contribution in [0.25, 0.3) is 0 Å². The van der Waals surface area contributed by atoms with Crippen LogP contribution in [0.5, 0.6) is 5.75 Å². The molecule has 34 heavy (non-hydrogen) atoms. The van der Waals surface area contributed by atoms with Crippen LogP contribution in [0.2, 0.25) is 0 Å². The molecule has 2 aromatic carbocycles. The molecule has 2 aromatic rings. The lowest BCUT2D eigenvalue weighted by Crippen LogP contribution is -2.63. The molecule has 0 bridgehead atoms. The van der Waals surface area contributed by atoms with Crippen molar-refractivity contribution in [1.29, 1.82) is 0 Å². The van der Waals surface area contributed by atoms with Gasteiger partial charge in [-0.3, -0.25) is 19.9 Å². The molecule has 3 unspecified atom stereocenters. The highest BCUT2D eigenvalue weighted by atomic mass is 32.2. The number of hydrazine groups is 1. The standard InChI is InChI=1S/C23H27N5O5S/c1-3-33-22(31)14-8-4-5-9-16(14)25-19(29)13-34-23-26-20-15(21(30)27-23)12-24-28(20)17-10-6-7-11-18(17)32-2/h4-11,15,20,23-24,26H,3,12-13H2,1-2H3,(H,25,29)(H,27,30). The number of anilines is 2. The van der Waals surface area contributed by atoms with Gasteiger partial charge in [0, 0.05) is 6.54 Å². The van der Waals surface area contributed by atoms with E-state index in [2.05, 4.69) is 21.4 Å². The van der Waals surface area contributed by atoms with Crippen LogP contribution in [-0.4, -0.2) is 55.5 Å². The SMILES string of the molecule is CCOC(=O)c1ccccc1NC(=O)CSC1NC(=O)C2CNN(c3ccccc3OC)C2N1. The van der Waals surface area contributed by atoms with Gasteiger partial charge in [0.1, 0.15) is 17.4 Å².